The van der Waals surface area contributed by atoms with Crippen LogP contribution in [0.15, 0.2) is 42.6 Å². The van der Waals surface area contributed by atoms with E-state index < -0.39 is 9.84 Å². The average Bonchev–Trinajstić information content (AvgIpc) is 2.40. The third kappa shape index (κ3) is 3.13. The predicted octanol–water partition coefficient (Wildman–Crippen LogP) is 2.08. The van der Waals surface area contributed by atoms with Crippen molar-refractivity contribution in [3.8, 4) is 11.4 Å². The highest BCUT2D eigenvalue weighted by molar-refractivity contribution is 7.90. The molecule has 0 bridgehead atoms. The first kappa shape index (κ1) is 12.7. The van der Waals surface area contributed by atoms with Gasteiger partial charge in [0.15, 0.2) is 15.7 Å². The summed E-state index contributed by atoms with van der Waals surface area (Å²) in [4.78, 5) is 8.45. The van der Waals surface area contributed by atoms with Crippen molar-refractivity contribution in [3.63, 3.8) is 0 Å². The molecule has 0 spiro atoms. The van der Waals surface area contributed by atoms with Gasteiger partial charge in [-0.15, -0.1) is 0 Å². The summed E-state index contributed by atoms with van der Waals surface area (Å²) in [7, 11) is -3.06. The Hall–Kier alpha value is -1.75. The molecule has 2 rings (SSSR count). The Morgan fingerprint density at radius 1 is 1.11 bits per heavy atom. The van der Waals surface area contributed by atoms with Crippen LogP contribution in [0.5, 0.6) is 0 Å². The highest BCUT2D eigenvalue weighted by atomic mass is 32.2. The molecule has 5 heteroatoms. The van der Waals surface area contributed by atoms with Crippen LogP contribution in [0.1, 0.15) is 12.6 Å². The molecule has 2 aromatic rings. The summed E-state index contributed by atoms with van der Waals surface area (Å²) < 4.78 is 23.1. The van der Waals surface area contributed by atoms with Crippen molar-refractivity contribution in [3.05, 3.63) is 48.3 Å². The molecular weight excluding hydrogens is 248 g/mol. The topological polar surface area (TPSA) is 59.9 Å². The Balaban J connectivity index is 2.32. The first-order chi connectivity index (χ1) is 8.61. The van der Waals surface area contributed by atoms with Crippen LogP contribution in [0.25, 0.3) is 11.4 Å². The second kappa shape index (κ2) is 5.27. The molecule has 0 aliphatic heterocycles. The molecular formula is C13H14N2O2S. The Bertz CT molecular complexity index is 624. The summed E-state index contributed by atoms with van der Waals surface area (Å²) >= 11 is 0. The van der Waals surface area contributed by atoms with Crippen molar-refractivity contribution in [1.82, 2.24) is 9.97 Å². The molecule has 0 atom stereocenters. The van der Waals surface area contributed by atoms with Crippen LogP contribution in [0.4, 0.5) is 0 Å². The molecule has 0 N–H and O–H groups in total. The fourth-order valence-corrected chi connectivity index (χ4v) is 2.35. The van der Waals surface area contributed by atoms with E-state index in [1.807, 2.05) is 30.3 Å². The molecule has 0 radical (unpaired) electrons. The van der Waals surface area contributed by atoms with Crippen LogP contribution in [0, 0.1) is 0 Å². The zero-order valence-corrected chi connectivity index (χ0v) is 10.9. The van der Waals surface area contributed by atoms with Gasteiger partial charge in [-0.05, 0) is 6.07 Å². The summed E-state index contributed by atoms with van der Waals surface area (Å²) in [6.07, 6.45) is 1.59. The molecule has 1 heterocycles. The minimum absolute atomic E-state index is 0.0359. The predicted molar refractivity (Wildman–Crippen MR) is 70.6 cm³/mol. The molecule has 0 fully saturated rings. The van der Waals surface area contributed by atoms with Crippen molar-refractivity contribution in [2.75, 3.05) is 5.75 Å². The van der Waals surface area contributed by atoms with Gasteiger partial charge in [0.1, 0.15) is 0 Å². The van der Waals surface area contributed by atoms with Gasteiger partial charge in [0.05, 0.1) is 11.4 Å². The summed E-state index contributed by atoms with van der Waals surface area (Å²) in [6.45, 7) is 1.63. The average molecular weight is 262 g/mol. The van der Waals surface area contributed by atoms with Gasteiger partial charge in [-0.25, -0.2) is 18.4 Å². The molecule has 0 amide bonds. The second-order valence-corrected chi connectivity index (χ2v) is 6.27. The van der Waals surface area contributed by atoms with E-state index in [1.165, 1.54) is 0 Å². The molecule has 0 saturated heterocycles. The first-order valence-electron chi connectivity index (χ1n) is 5.68. The number of nitrogens with zero attached hydrogens (tertiary/aromatic N) is 2. The number of hydrogen-bond acceptors (Lipinski definition) is 4. The lowest BCUT2D eigenvalue weighted by molar-refractivity contribution is 0.596. The molecule has 18 heavy (non-hydrogen) atoms. The van der Waals surface area contributed by atoms with E-state index >= 15 is 0 Å². The van der Waals surface area contributed by atoms with Gasteiger partial charge in [0.2, 0.25) is 0 Å². The van der Waals surface area contributed by atoms with Crippen molar-refractivity contribution < 1.29 is 8.42 Å². The van der Waals surface area contributed by atoms with Crippen LogP contribution in [-0.4, -0.2) is 24.1 Å². The van der Waals surface area contributed by atoms with Crippen LogP contribution >= 0.6 is 0 Å². The first-order valence-corrected chi connectivity index (χ1v) is 7.50. The van der Waals surface area contributed by atoms with Crippen LogP contribution < -0.4 is 0 Å². The van der Waals surface area contributed by atoms with Crippen molar-refractivity contribution >= 4 is 9.84 Å². The lowest BCUT2D eigenvalue weighted by atomic mass is 10.2. The molecule has 94 valence electrons. The normalized spacial score (nSPS) is 11.4. The van der Waals surface area contributed by atoms with E-state index in [9.17, 15) is 8.42 Å². The van der Waals surface area contributed by atoms with E-state index in [1.54, 1.807) is 19.2 Å². The molecule has 0 aliphatic carbocycles. The maximum absolute atomic E-state index is 11.6. The van der Waals surface area contributed by atoms with E-state index in [0.717, 1.165) is 5.56 Å². The monoisotopic (exact) mass is 262 g/mol. The number of hydrogen-bond donors (Lipinski definition) is 0. The smallest absolute Gasteiger partial charge is 0.159 e. The number of benzene rings is 1. The largest absolute Gasteiger partial charge is 0.237 e. The number of rotatable bonds is 4. The lowest BCUT2D eigenvalue weighted by Crippen LogP contribution is -2.08. The molecule has 0 saturated carbocycles. The van der Waals surface area contributed by atoms with E-state index in [0.29, 0.717) is 11.5 Å². The van der Waals surface area contributed by atoms with Crippen molar-refractivity contribution in [2.45, 2.75) is 12.7 Å². The van der Waals surface area contributed by atoms with E-state index in [2.05, 4.69) is 9.97 Å². The minimum atomic E-state index is -3.06. The zero-order valence-electron chi connectivity index (χ0n) is 10.1. The molecule has 4 nitrogen and oxygen atoms in total. The minimum Gasteiger partial charge on any atom is -0.237 e. The zero-order chi connectivity index (χ0) is 13.0. The van der Waals surface area contributed by atoms with Crippen molar-refractivity contribution in [1.29, 1.82) is 0 Å². The summed E-state index contributed by atoms with van der Waals surface area (Å²) in [5.74, 6) is 0.642. The summed E-state index contributed by atoms with van der Waals surface area (Å²) in [6, 6.07) is 11.1. The third-order valence-electron chi connectivity index (χ3n) is 2.55. The highest BCUT2D eigenvalue weighted by Crippen LogP contribution is 2.14. The van der Waals surface area contributed by atoms with Gasteiger partial charge in [-0.2, -0.15) is 0 Å². The van der Waals surface area contributed by atoms with E-state index in [4.69, 9.17) is 0 Å². The van der Waals surface area contributed by atoms with Gasteiger partial charge in [0.25, 0.3) is 0 Å². The summed E-state index contributed by atoms with van der Waals surface area (Å²) in [5, 5.41) is 0. The van der Waals surface area contributed by atoms with Gasteiger partial charge in [-0.3, -0.25) is 0 Å². The molecule has 0 unspecified atom stereocenters. The SMILES string of the molecule is CCS(=O)(=O)Cc1ccnc(-c2ccccc2)n1. The third-order valence-corrected chi connectivity index (χ3v) is 4.17. The van der Waals surface area contributed by atoms with Crippen molar-refractivity contribution in [2.24, 2.45) is 0 Å². The second-order valence-electron chi connectivity index (χ2n) is 3.91. The van der Waals surface area contributed by atoms with Crippen LogP contribution in [0.3, 0.4) is 0 Å². The quantitative estimate of drug-likeness (QED) is 0.846. The molecule has 1 aromatic heterocycles. The summed E-state index contributed by atoms with van der Waals surface area (Å²) in [5.41, 5.74) is 1.42. The van der Waals surface area contributed by atoms with Gasteiger partial charge >= 0.3 is 0 Å². The molecule has 1 aromatic carbocycles. The Kier molecular flexibility index (Phi) is 3.72. The van der Waals surface area contributed by atoms with Gasteiger partial charge in [-0.1, -0.05) is 37.3 Å². The van der Waals surface area contributed by atoms with E-state index in [-0.39, 0.29) is 11.5 Å². The Morgan fingerprint density at radius 2 is 1.83 bits per heavy atom. The van der Waals surface area contributed by atoms with Gasteiger partial charge < -0.3 is 0 Å². The fourth-order valence-electron chi connectivity index (χ4n) is 1.53. The maximum atomic E-state index is 11.6. The Labute approximate surface area is 107 Å². The molecule has 0 aliphatic rings. The standard InChI is InChI=1S/C13H14N2O2S/c1-2-18(16,17)10-12-8-9-14-13(15-12)11-6-4-3-5-7-11/h3-9H,2,10H2,1H3. The van der Waals surface area contributed by atoms with Crippen LogP contribution in [-0.2, 0) is 15.6 Å². The Morgan fingerprint density at radius 3 is 2.50 bits per heavy atom. The lowest BCUT2D eigenvalue weighted by Gasteiger charge is -2.03. The van der Waals surface area contributed by atoms with Gasteiger partial charge in [0, 0.05) is 17.5 Å². The maximum Gasteiger partial charge on any atom is 0.159 e. The van der Waals surface area contributed by atoms with Crippen LogP contribution in [0.2, 0.25) is 0 Å². The highest BCUT2D eigenvalue weighted by Gasteiger charge is 2.11. The fraction of sp³-hybridized carbons (Fsp3) is 0.231. The number of sulfone groups is 1. The number of aromatic nitrogens is 2.